The summed E-state index contributed by atoms with van der Waals surface area (Å²) in [4.78, 5) is 18.6. The quantitative estimate of drug-likeness (QED) is 0.347. The molecule has 0 radical (unpaired) electrons. The van der Waals surface area contributed by atoms with Gasteiger partial charge >= 0.3 is 0 Å². The lowest BCUT2D eigenvalue weighted by molar-refractivity contribution is -0.106. The lowest BCUT2D eigenvalue weighted by Crippen LogP contribution is -1.59. The number of hydrogen-bond acceptors (Lipinski definition) is 2. The van der Waals surface area contributed by atoms with Crippen LogP contribution in [0.2, 0.25) is 0 Å². The molecule has 0 saturated heterocycles. The molecule has 0 aliphatic heterocycles. The van der Waals surface area contributed by atoms with Crippen LogP contribution in [0.15, 0.2) is 12.2 Å². The van der Waals surface area contributed by atoms with Crippen LogP contribution in [0.5, 0.6) is 0 Å². The van der Waals surface area contributed by atoms with Crippen LogP contribution in [0.1, 0.15) is 0 Å². The van der Waals surface area contributed by atoms with Gasteiger partial charge in [0.1, 0.15) is 12.6 Å². The average Bonchev–Trinajstić information content (AvgIpc) is 1.61. The predicted octanol–water partition coefficient (Wildman–Crippen LogP) is -0.0596. The highest BCUT2D eigenvalue weighted by atomic mass is 16.1. The molecule has 0 aliphatic rings. The van der Waals surface area contributed by atoms with Crippen molar-refractivity contribution in [2.24, 2.45) is 0 Å². The first-order valence-corrected chi connectivity index (χ1v) is 1.47. The van der Waals surface area contributed by atoms with E-state index in [1.165, 1.54) is 0 Å². The second kappa shape index (κ2) is 4.08. The molecule has 0 aromatic heterocycles. The molecule has 6 heavy (non-hydrogen) atoms. The number of allylic oxidation sites excluding steroid dienone is 2. The van der Waals surface area contributed by atoms with Gasteiger partial charge in [0.05, 0.1) is 0 Å². The van der Waals surface area contributed by atoms with E-state index in [4.69, 9.17) is 0 Å². The third-order valence-corrected chi connectivity index (χ3v) is 0.268. The second-order valence-electron chi connectivity index (χ2n) is 0.657. The van der Waals surface area contributed by atoms with E-state index in [-0.39, 0.29) is 0 Å². The molecule has 0 rings (SSSR count). The fraction of sp³-hybridized carbons (Fsp3) is 0. The van der Waals surface area contributed by atoms with E-state index in [2.05, 4.69) is 0 Å². The Labute approximate surface area is 35.5 Å². The number of hydrogen-bond donors (Lipinski definition) is 0. The van der Waals surface area contributed by atoms with Crippen molar-refractivity contribution >= 4 is 12.6 Å². The molecule has 0 saturated carbocycles. The van der Waals surface area contributed by atoms with Crippen LogP contribution in [-0.4, -0.2) is 12.6 Å². The monoisotopic (exact) mass is 84.0 g/mol. The van der Waals surface area contributed by atoms with Crippen molar-refractivity contribution in [1.82, 2.24) is 0 Å². The summed E-state index contributed by atoms with van der Waals surface area (Å²) in [5.74, 6) is 0. The van der Waals surface area contributed by atoms with E-state index in [0.29, 0.717) is 12.6 Å². The zero-order chi connectivity index (χ0) is 4.83. The van der Waals surface area contributed by atoms with E-state index < -0.39 is 0 Å². The SMILES string of the molecule is O=CC=CC=O. The summed E-state index contributed by atoms with van der Waals surface area (Å²) >= 11 is 0. The van der Waals surface area contributed by atoms with Gasteiger partial charge in [-0.3, -0.25) is 9.59 Å². The Bertz CT molecular complexity index is 63.6. The molecular formula is C4H4O2. The summed E-state index contributed by atoms with van der Waals surface area (Å²) < 4.78 is 0. The molecule has 0 spiro atoms. The second-order valence-corrected chi connectivity index (χ2v) is 0.657. The zero-order valence-electron chi connectivity index (χ0n) is 3.13. The molecular weight excluding hydrogens is 80.0 g/mol. The van der Waals surface area contributed by atoms with Gasteiger partial charge in [-0.05, 0) is 12.2 Å². The van der Waals surface area contributed by atoms with Crippen LogP contribution in [0.25, 0.3) is 0 Å². The normalized spacial score (nSPS) is 8.67. The zero-order valence-corrected chi connectivity index (χ0v) is 3.13. The maximum Gasteiger partial charge on any atom is 0.142 e. The van der Waals surface area contributed by atoms with Crippen molar-refractivity contribution in [2.75, 3.05) is 0 Å². The van der Waals surface area contributed by atoms with Crippen molar-refractivity contribution in [3.8, 4) is 0 Å². The number of rotatable bonds is 2. The van der Waals surface area contributed by atoms with Crippen LogP contribution in [0, 0.1) is 0 Å². The highest BCUT2D eigenvalue weighted by molar-refractivity contribution is 5.75. The maximum absolute atomic E-state index is 9.32. The van der Waals surface area contributed by atoms with Gasteiger partial charge in [0.25, 0.3) is 0 Å². The van der Waals surface area contributed by atoms with Crippen LogP contribution < -0.4 is 0 Å². The maximum atomic E-state index is 9.32. The molecule has 0 unspecified atom stereocenters. The smallest absolute Gasteiger partial charge is 0.142 e. The van der Waals surface area contributed by atoms with Crippen LogP contribution in [-0.2, 0) is 9.59 Å². The summed E-state index contributed by atoms with van der Waals surface area (Å²) in [6.45, 7) is 0. The van der Waals surface area contributed by atoms with Crippen LogP contribution in [0.3, 0.4) is 0 Å². The lowest BCUT2D eigenvalue weighted by Gasteiger charge is -1.52. The van der Waals surface area contributed by atoms with Gasteiger partial charge in [-0.25, -0.2) is 0 Å². The minimum Gasteiger partial charge on any atom is -0.299 e. The van der Waals surface area contributed by atoms with Crippen LogP contribution >= 0.6 is 0 Å². The molecule has 2 heteroatoms. The number of carbonyl (C=O) groups is 2. The number of aldehydes is 2. The van der Waals surface area contributed by atoms with Gasteiger partial charge in [-0.15, -0.1) is 0 Å². The van der Waals surface area contributed by atoms with Gasteiger partial charge in [0, 0.05) is 0 Å². The molecule has 0 aliphatic carbocycles. The van der Waals surface area contributed by atoms with Gasteiger partial charge in [0.2, 0.25) is 0 Å². The fourth-order valence-electron chi connectivity index (χ4n) is 0.0907. The largest absolute Gasteiger partial charge is 0.299 e. The topological polar surface area (TPSA) is 34.1 Å². The van der Waals surface area contributed by atoms with Crippen molar-refractivity contribution in [3.05, 3.63) is 12.2 Å². The summed E-state index contributed by atoms with van der Waals surface area (Å²) in [5, 5.41) is 0. The minimum atomic E-state index is 0.550. The van der Waals surface area contributed by atoms with Crippen molar-refractivity contribution in [2.45, 2.75) is 0 Å². The Morgan fingerprint density at radius 3 is 1.33 bits per heavy atom. The van der Waals surface area contributed by atoms with E-state index in [0.717, 1.165) is 12.2 Å². The first-order valence-electron chi connectivity index (χ1n) is 1.47. The van der Waals surface area contributed by atoms with E-state index in [9.17, 15) is 9.59 Å². The van der Waals surface area contributed by atoms with E-state index >= 15 is 0 Å². The molecule has 32 valence electrons. The molecule has 0 heterocycles. The first kappa shape index (κ1) is 5.08. The highest BCUT2D eigenvalue weighted by Gasteiger charge is 1.56. The Morgan fingerprint density at radius 1 is 0.833 bits per heavy atom. The van der Waals surface area contributed by atoms with Gasteiger partial charge in [0.15, 0.2) is 0 Å². The Balaban J connectivity index is 3.17. The molecule has 0 aromatic rings. The summed E-state index contributed by atoms with van der Waals surface area (Å²) in [6, 6.07) is 0. The average molecular weight is 84.1 g/mol. The van der Waals surface area contributed by atoms with Crippen molar-refractivity contribution in [1.29, 1.82) is 0 Å². The third kappa shape index (κ3) is 3.08. The highest BCUT2D eigenvalue weighted by Crippen LogP contribution is 1.53. The van der Waals surface area contributed by atoms with Gasteiger partial charge in [-0.1, -0.05) is 0 Å². The molecule has 0 amide bonds. The van der Waals surface area contributed by atoms with Crippen molar-refractivity contribution in [3.63, 3.8) is 0 Å². The Hall–Kier alpha value is -0.920. The van der Waals surface area contributed by atoms with Crippen molar-refractivity contribution < 1.29 is 9.59 Å². The summed E-state index contributed by atoms with van der Waals surface area (Å²) in [5.41, 5.74) is 0. The molecule has 0 atom stereocenters. The first-order chi connectivity index (χ1) is 2.91. The molecule has 0 bridgehead atoms. The molecule has 0 aromatic carbocycles. The lowest BCUT2D eigenvalue weighted by atomic mass is 10.6. The Kier molecular flexibility index (Phi) is 3.45. The standard InChI is InChI=1S/C4H4O2/c5-3-1-2-4-6/h1-4H. The van der Waals surface area contributed by atoms with E-state index in [1.807, 2.05) is 0 Å². The fourth-order valence-corrected chi connectivity index (χ4v) is 0.0907. The summed E-state index contributed by atoms with van der Waals surface area (Å²) in [7, 11) is 0. The van der Waals surface area contributed by atoms with Crippen LogP contribution in [0.4, 0.5) is 0 Å². The van der Waals surface area contributed by atoms with E-state index in [1.54, 1.807) is 0 Å². The third-order valence-electron chi connectivity index (χ3n) is 0.268. The van der Waals surface area contributed by atoms with Gasteiger partial charge in [-0.2, -0.15) is 0 Å². The van der Waals surface area contributed by atoms with Gasteiger partial charge < -0.3 is 0 Å². The number of carbonyl (C=O) groups excluding carboxylic acids is 2. The molecule has 0 fully saturated rings. The predicted molar refractivity (Wildman–Crippen MR) is 21.3 cm³/mol. The summed E-state index contributed by atoms with van der Waals surface area (Å²) in [6.07, 6.45) is 3.36. The molecule has 2 nitrogen and oxygen atoms in total. The minimum absolute atomic E-state index is 0.550. The molecule has 0 N–H and O–H groups in total. The Morgan fingerprint density at radius 2 is 1.17 bits per heavy atom.